The average molecular weight is 345 g/mol. The molecular weight excluding hydrogens is 326 g/mol. The summed E-state index contributed by atoms with van der Waals surface area (Å²) in [5.74, 6) is 0. The number of nitro benzene ring substituents is 1. The number of anilines is 1. The normalized spacial score (nSPS) is 17.7. The minimum atomic E-state index is -3.89. The molecule has 2 N–H and O–H groups in total. The van der Waals surface area contributed by atoms with E-state index in [1.165, 1.54) is 16.4 Å². The number of rotatable bonds is 6. The van der Waals surface area contributed by atoms with Crippen LogP contribution in [0.15, 0.2) is 23.1 Å². The molecule has 9 nitrogen and oxygen atoms in total. The van der Waals surface area contributed by atoms with Gasteiger partial charge in [-0.05, 0) is 13.0 Å². The van der Waals surface area contributed by atoms with Gasteiger partial charge in [-0.2, -0.15) is 4.31 Å². The second-order valence-electron chi connectivity index (χ2n) is 5.18. The van der Waals surface area contributed by atoms with Crippen molar-refractivity contribution in [2.24, 2.45) is 0 Å². The summed E-state index contributed by atoms with van der Waals surface area (Å²) in [7, 11) is -3.89. The van der Waals surface area contributed by atoms with Crippen LogP contribution in [0.3, 0.4) is 0 Å². The molecule has 1 aliphatic rings. The number of benzene rings is 1. The number of ether oxygens (including phenoxy) is 1. The van der Waals surface area contributed by atoms with Crippen LogP contribution in [-0.2, 0) is 14.8 Å². The minimum absolute atomic E-state index is 0.128. The number of nitrogens with zero attached hydrogens (tertiary/aromatic N) is 2. The maximum Gasteiger partial charge on any atom is 0.270 e. The number of nitro groups is 1. The van der Waals surface area contributed by atoms with E-state index >= 15 is 0 Å². The fourth-order valence-electron chi connectivity index (χ4n) is 2.17. The zero-order chi connectivity index (χ0) is 17.0. The van der Waals surface area contributed by atoms with Gasteiger partial charge < -0.3 is 15.2 Å². The Morgan fingerprint density at radius 3 is 2.65 bits per heavy atom. The molecule has 10 heteroatoms. The van der Waals surface area contributed by atoms with Gasteiger partial charge in [-0.3, -0.25) is 10.1 Å². The third-order valence-electron chi connectivity index (χ3n) is 3.35. The van der Waals surface area contributed by atoms with Gasteiger partial charge in [0.2, 0.25) is 10.0 Å². The Kier molecular flexibility index (Phi) is 5.52. The Balaban J connectivity index is 2.42. The van der Waals surface area contributed by atoms with Crippen molar-refractivity contribution < 1.29 is 23.2 Å². The van der Waals surface area contributed by atoms with Crippen LogP contribution < -0.4 is 5.32 Å². The number of hydrogen-bond acceptors (Lipinski definition) is 7. The van der Waals surface area contributed by atoms with E-state index in [1.807, 2.05) is 0 Å². The fourth-order valence-corrected chi connectivity index (χ4v) is 3.76. The van der Waals surface area contributed by atoms with E-state index in [-0.39, 0.29) is 49.1 Å². The van der Waals surface area contributed by atoms with E-state index < -0.39 is 21.1 Å². The van der Waals surface area contributed by atoms with Gasteiger partial charge in [0.25, 0.3) is 5.69 Å². The van der Waals surface area contributed by atoms with Gasteiger partial charge in [0.05, 0.1) is 29.9 Å². The quantitative estimate of drug-likeness (QED) is 0.565. The van der Waals surface area contributed by atoms with Crippen molar-refractivity contribution in [3.63, 3.8) is 0 Å². The summed E-state index contributed by atoms with van der Waals surface area (Å²) in [6.45, 7) is 2.63. The maximum atomic E-state index is 12.8. The molecule has 1 saturated heterocycles. The van der Waals surface area contributed by atoms with Crippen LogP contribution in [0.4, 0.5) is 11.4 Å². The number of sulfonamides is 1. The van der Waals surface area contributed by atoms with Crippen molar-refractivity contribution in [3.05, 3.63) is 28.3 Å². The molecule has 0 amide bonds. The van der Waals surface area contributed by atoms with E-state index in [4.69, 9.17) is 4.74 Å². The van der Waals surface area contributed by atoms with Gasteiger partial charge in [0, 0.05) is 31.8 Å². The first-order valence-corrected chi connectivity index (χ1v) is 8.54. The minimum Gasteiger partial charge on any atom is -0.392 e. The maximum absolute atomic E-state index is 12.8. The van der Waals surface area contributed by atoms with E-state index in [9.17, 15) is 23.6 Å². The smallest absolute Gasteiger partial charge is 0.270 e. The third-order valence-corrected chi connectivity index (χ3v) is 5.29. The second kappa shape index (κ2) is 7.21. The Hall–Kier alpha value is -1.75. The van der Waals surface area contributed by atoms with Gasteiger partial charge in [0.1, 0.15) is 4.90 Å². The summed E-state index contributed by atoms with van der Waals surface area (Å²) in [5.41, 5.74) is -0.0811. The largest absolute Gasteiger partial charge is 0.392 e. The molecular formula is C13H19N3O6S. The number of hydrogen-bond donors (Lipinski definition) is 2. The molecule has 0 unspecified atom stereocenters. The molecule has 0 saturated carbocycles. The predicted octanol–water partition coefficient (Wildman–Crippen LogP) is 0.408. The van der Waals surface area contributed by atoms with Crippen LogP contribution in [0.25, 0.3) is 0 Å². The molecule has 1 aromatic rings. The predicted molar refractivity (Wildman–Crippen MR) is 82.8 cm³/mol. The lowest BCUT2D eigenvalue weighted by molar-refractivity contribution is -0.385. The van der Waals surface area contributed by atoms with E-state index in [1.54, 1.807) is 6.92 Å². The molecule has 1 heterocycles. The van der Waals surface area contributed by atoms with E-state index in [2.05, 4.69) is 5.32 Å². The van der Waals surface area contributed by atoms with Gasteiger partial charge in [-0.15, -0.1) is 0 Å². The van der Waals surface area contributed by atoms with Crippen molar-refractivity contribution in [2.45, 2.75) is 17.9 Å². The van der Waals surface area contributed by atoms with Crippen LogP contribution in [0.5, 0.6) is 0 Å². The first-order valence-electron chi connectivity index (χ1n) is 7.10. The topological polar surface area (TPSA) is 122 Å². The molecule has 1 aromatic carbocycles. The molecule has 1 aliphatic heterocycles. The van der Waals surface area contributed by atoms with Gasteiger partial charge in [-0.25, -0.2) is 8.42 Å². The van der Waals surface area contributed by atoms with Crippen LogP contribution in [-0.4, -0.2) is 61.7 Å². The van der Waals surface area contributed by atoms with Crippen molar-refractivity contribution in [1.29, 1.82) is 0 Å². The summed E-state index contributed by atoms with van der Waals surface area (Å²) in [6, 6.07) is 3.60. The summed E-state index contributed by atoms with van der Waals surface area (Å²) >= 11 is 0. The molecule has 1 atom stereocenters. The molecule has 128 valence electrons. The van der Waals surface area contributed by atoms with Crippen molar-refractivity contribution in [2.75, 3.05) is 38.2 Å². The third kappa shape index (κ3) is 4.16. The highest BCUT2D eigenvalue weighted by Crippen LogP contribution is 2.29. The number of nitrogens with one attached hydrogen (secondary N) is 1. The Bertz CT molecular complexity index is 670. The lowest BCUT2D eigenvalue weighted by atomic mass is 10.2. The van der Waals surface area contributed by atoms with Crippen LogP contribution >= 0.6 is 0 Å². The lowest BCUT2D eigenvalue weighted by Crippen LogP contribution is -2.40. The molecule has 0 aliphatic carbocycles. The molecule has 2 rings (SSSR count). The number of aliphatic hydroxyl groups is 1. The first-order chi connectivity index (χ1) is 10.8. The Morgan fingerprint density at radius 2 is 2.09 bits per heavy atom. The summed E-state index contributed by atoms with van der Waals surface area (Å²) in [5, 5.41) is 23.1. The van der Waals surface area contributed by atoms with Crippen LogP contribution in [0.1, 0.15) is 6.92 Å². The SMILES string of the molecule is C[C@@H](O)CNc1ccc([N+](=O)[O-])cc1S(=O)(=O)N1CCOCC1. The highest BCUT2D eigenvalue weighted by molar-refractivity contribution is 7.89. The first kappa shape index (κ1) is 17.6. The van der Waals surface area contributed by atoms with Crippen LogP contribution in [0, 0.1) is 10.1 Å². The highest BCUT2D eigenvalue weighted by Gasteiger charge is 2.30. The number of morpholine rings is 1. The summed E-state index contributed by atoms with van der Waals surface area (Å²) < 4.78 is 31.9. The molecule has 0 aromatic heterocycles. The summed E-state index contributed by atoms with van der Waals surface area (Å²) in [6.07, 6.45) is -0.691. The standard InChI is InChI=1S/C13H19N3O6S/c1-10(17)9-14-12-3-2-11(16(18)19)8-13(12)23(20,21)15-4-6-22-7-5-15/h2-3,8,10,14,17H,4-7,9H2,1H3/t10-/m1/s1. The zero-order valence-corrected chi connectivity index (χ0v) is 13.5. The van der Waals surface area contributed by atoms with Gasteiger partial charge >= 0.3 is 0 Å². The highest BCUT2D eigenvalue weighted by atomic mass is 32.2. The van der Waals surface area contributed by atoms with Crippen LogP contribution in [0.2, 0.25) is 0 Å². The fraction of sp³-hybridized carbons (Fsp3) is 0.538. The van der Waals surface area contributed by atoms with Crippen molar-refractivity contribution in [3.8, 4) is 0 Å². The van der Waals surface area contributed by atoms with E-state index in [0.29, 0.717) is 0 Å². The Morgan fingerprint density at radius 1 is 1.43 bits per heavy atom. The van der Waals surface area contributed by atoms with E-state index in [0.717, 1.165) is 6.07 Å². The van der Waals surface area contributed by atoms with Gasteiger partial charge in [-0.1, -0.05) is 0 Å². The lowest BCUT2D eigenvalue weighted by Gasteiger charge is -2.27. The monoisotopic (exact) mass is 345 g/mol. The number of aliphatic hydroxyl groups excluding tert-OH is 1. The summed E-state index contributed by atoms with van der Waals surface area (Å²) in [4.78, 5) is 10.1. The Labute approximate surface area is 134 Å². The number of non-ortho nitro benzene ring substituents is 1. The van der Waals surface area contributed by atoms with Crippen molar-refractivity contribution in [1.82, 2.24) is 4.31 Å². The average Bonchev–Trinajstić information content (AvgIpc) is 2.53. The molecule has 1 fully saturated rings. The molecule has 0 spiro atoms. The molecule has 23 heavy (non-hydrogen) atoms. The molecule has 0 bridgehead atoms. The van der Waals surface area contributed by atoms with Gasteiger partial charge in [0.15, 0.2) is 0 Å². The molecule has 0 radical (unpaired) electrons. The second-order valence-corrected chi connectivity index (χ2v) is 7.09. The zero-order valence-electron chi connectivity index (χ0n) is 12.6. The van der Waals surface area contributed by atoms with Crippen molar-refractivity contribution >= 4 is 21.4 Å².